The Bertz CT molecular complexity index is 1700. The fourth-order valence-electron chi connectivity index (χ4n) is 11.1. The van der Waals surface area contributed by atoms with E-state index in [9.17, 15) is 19.4 Å². The van der Waals surface area contributed by atoms with Crippen molar-refractivity contribution in [1.29, 1.82) is 0 Å². The van der Waals surface area contributed by atoms with Crippen LogP contribution in [0.5, 0.6) is 0 Å². The fraction of sp³-hybridized carbons (Fsp3) is 0.808. The van der Waals surface area contributed by atoms with E-state index >= 15 is 0 Å². The number of rotatable bonds is 69. The molecule has 0 fully saturated rings. The predicted octanol–water partition coefficient (Wildman–Crippen LogP) is 23.6. The number of aliphatic hydroxyl groups is 1. The summed E-state index contributed by atoms with van der Waals surface area (Å²) >= 11 is 0. The summed E-state index contributed by atoms with van der Waals surface area (Å²) in [4.78, 5) is 25.6. The number of nitrogens with zero attached hydrogens (tertiary/aromatic N) is 1. The zero-order valence-electron chi connectivity index (χ0n) is 58.2. The maximum Gasteiger partial charge on any atom is 0.268 e. The molecule has 0 radical (unpaired) electrons. The number of phosphoric ester groups is 1. The van der Waals surface area contributed by atoms with Crippen molar-refractivity contribution in [1.82, 2.24) is 5.32 Å². The summed E-state index contributed by atoms with van der Waals surface area (Å²) in [6.07, 6.45) is 97.4. The number of phosphoric acid groups is 1. The Hall–Kier alpha value is -2.32. The molecule has 0 aromatic heterocycles. The van der Waals surface area contributed by atoms with Gasteiger partial charge < -0.3 is 28.8 Å². The van der Waals surface area contributed by atoms with Gasteiger partial charge in [0, 0.05) is 6.42 Å². The first-order chi connectivity index (χ1) is 42.5. The van der Waals surface area contributed by atoms with Crippen molar-refractivity contribution in [3.05, 3.63) is 85.1 Å². The van der Waals surface area contributed by atoms with Crippen LogP contribution in [0, 0.1) is 0 Å². The molecule has 0 saturated carbocycles. The third-order valence-corrected chi connectivity index (χ3v) is 17.8. The van der Waals surface area contributed by atoms with Crippen LogP contribution in [0.1, 0.15) is 354 Å². The molecule has 0 saturated heterocycles. The van der Waals surface area contributed by atoms with Crippen LogP contribution in [0.4, 0.5) is 0 Å². The molecule has 3 atom stereocenters. The van der Waals surface area contributed by atoms with Crippen molar-refractivity contribution in [2.24, 2.45) is 0 Å². The second-order valence-corrected chi connectivity index (χ2v) is 28.0. The predicted molar refractivity (Wildman–Crippen MR) is 380 cm³/mol. The average molecular weight is 1240 g/mol. The van der Waals surface area contributed by atoms with Crippen LogP contribution in [0.2, 0.25) is 0 Å². The minimum atomic E-state index is -4.61. The highest BCUT2D eigenvalue weighted by molar-refractivity contribution is 7.45. The van der Waals surface area contributed by atoms with E-state index in [-0.39, 0.29) is 12.5 Å². The first kappa shape index (κ1) is 84.7. The maximum absolute atomic E-state index is 13.0. The van der Waals surface area contributed by atoms with E-state index in [4.69, 9.17) is 9.05 Å². The minimum Gasteiger partial charge on any atom is -0.756 e. The van der Waals surface area contributed by atoms with Gasteiger partial charge in [0.1, 0.15) is 13.2 Å². The van der Waals surface area contributed by atoms with Gasteiger partial charge in [-0.3, -0.25) is 9.36 Å². The van der Waals surface area contributed by atoms with Crippen molar-refractivity contribution >= 4 is 13.7 Å². The van der Waals surface area contributed by atoms with Crippen LogP contribution in [0.15, 0.2) is 85.1 Å². The lowest BCUT2D eigenvalue weighted by Crippen LogP contribution is -2.45. The summed E-state index contributed by atoms with van der Waals surface area (Å²) in [5.74, 6) is -0.201. The van der Waals surface area contributed by atoms with Crippen LogP contribution in [0.3, 0.4) is 0 Å². The van der Waals surface area contributed by atoms with Gasteiger partial charge in [-0.2, -0.15) is 0 Å². The van der Waals surface area contributed by atoms with E-state index in [0.29, 0.717) is 17.4 Å². The number of hydrogen-bond acceptors (Lipinski definition) is 6. The summed E-state index contributed by atoms with van der Waals surface area (Å²) < 4.78 is 23.5. The Kier molecular flexibility index (Phi) is 66.2. The van der Waals surface area contributed by atoms with Gasteiger partial charge in [0.25, 0.3) is 7.82 Å². The summed E-state index contributed by atoms with van der Waals surface area (Å²) in [6, 6.07) is -0.906. The molecular weight excluding hydrogens is 1090 g/mol. The van der Waals surface area contributed by atoms with Crippen molar-refractivity contribution in [2.75, 3.05) is 40.9 Å². The molecule has 508 valence electrons. The Balaban J connectivity index is 3.96. The average Bonchev–Trinajstić information content (AvgIpc) is 3.71. The molecule has 0 aliphatic rings. The summed E-state index contributed by atoms with van der Waals surface area (Å²) in [6.45, 7) is 4.56. The van der Waals surface area contributed by atoms with Gasteiger partial charge in [-0.15, -0.1) is 0 Å². The van der Waals surface area contributed by atoms with E-state index in [0.717, 1.165) is 70.6 Å². The molecule has 0 aromatic rings. The molecule has 0 bridgehead atoms. The van der Waals surface area contributed by atoms with E-state index < -0.39 is 26.6 Å². The zero-order chi connectivity index (χ0) is 63.4. The number of unbranched alkanes of at least 4 members (excludes halogenated alkanes) is 44. The smallest absolute Gasteiger partial charge is 0.268 e. The Morgan fingerprint density at radius 3 is 1.07 bits per heavy atom. The maximum atomic E-state index is 13.0. The first-order valence-electron chi connectivity index (χ1n) is 37.4. The van der Waals surface area contributed by atoms with E-state index in [1.54, 1.807) is 6.08 Å². The van der Waals surface area contributed by atoms with Crippen molar-refractivity contribution in [3.63, 3.8) is 0 Å². The SMILES string of the molecule is CC/C=C\C/C=C\C/C=C\C/C=C\C/C=C\CCCCCCCCCCCCCCCCCCCCCCCCCCCC(=O)NC(COP(=O)([O-])OCC[N+](C)(C)C)C(O)/C=C/CC/C=C/CCCCCCCCCCCCCCCCCCCC. The number of allylic oxidation sites excluding steroid dienone is 13. The molecule has 87 heavy (non-hydrogen) atoms. The van der Waals surface area contributed by atoms with Crippen molar-refractivity contribution in [2.45, 2.75) is 366 Å². The highest BCUT2D eigenvalue weighted by Gasteiger charge is 2.23. The van der Waals surface area contributed by atoms with E-state index in [1.165, 1.54) is 263 Å². The number of likely N-dealkylation sites (N-methyl/N-ethyl adjacent to an activating group) is 1. The number of hydrogen-bond donors (Lipinski definition) is 2. The largest absolute Gasteiger partial charge is 0.756 e. The van der Waals surface area contributed by atoms with Gasteiger partial charge in [-0.25, -0.2) is 0 Å². The second-order valence-electron chi connectivity index (χ2n) is 26.6. The summed E-state index contributed by atoms with van der Waals surface area (Å²) in [7, 11) is 1.25. The van der Waals surface area contributed by atoms with Crippen LogP contribution in [-0.4, -0.2) is 68.5 Å². The lowest BCUT2D eigenvalue weighted by atomic mass is 10.0. The van der Waals surface area contributed by atoms with Gasteiger partial charge >= 0.3 is 0 Å². The number of carbonyl (C=O) groups excluding carboxylic acids is 1. The zero-order valence-corrected chi connectivity index (χ0v) is 59.1. The standard InChI is InChI=1S/C78H145N2O6P/c1-6-8-10-12-14-16-18-20-22-24-26-28-30-32-33-34-35-36-37-38-39-40-41-42-43-44-45-46-47-48-50-52-54-56-58-60-62-64-66-68-70-72-78(82)79-76(75-86-87(83,84)85-74-73-80(3,4)5)77(81)71-69-67-65-63-61-59-57-55-53-51-49-31-29-27-25-23-21-19-17-15-13-11-9-7-2/h8,10,14,16,20,22,26,28,32-33,61,63,69,71,76-77,81H,6-7,9,11-13,15,17-19,21,23-25,27,29-31,34-60,62,64-68,70,72-75H2,1-5H3,(H-,79,82,83,84)/b10-8-,16-14-,22-20-,28-26-,33-32-,63-61+,71-69+. The number of quaternary nitrogens is 1. The molecule has 3 unspecified atom stereocenters. The van der Waals surface area contributed by atoms with Crippen molar-refractivity contribution in [3.8, 4) is 0 Å². The number of nitrogens with one attached hydrogen (secondary N) is 1. The van der Waals surface area contributed by atoms with Gasteiger partial charge in [0.15, 0.2) is 0 Å². The molecule has 9 heteroatoms. The minimum absolute atomic E-state index is 0.00621. The van der Waals surface area contributed by atoms with Gasteiger partial charge in [-0.05, 0) is 77.0 Å². The lowest BCUT2D eigenvalue weighted by Gasteiger charge is -2.29. The Morgan fingerprint density at radius 1 is 0.414 bits per heavy atom. The number of aliphatic hydroxyl groups excluding tert-OH is 1. The molecule has 0 rings (SSSR count). The first-order valence-corrected chi connectivity index (χ1v) is 38.9. The molecule has 0 heterocycles. The number of carbonyl (C=O) groups is 1. The Labute approximate surface area is 541 Å². The third-order valence-electron chi connectivity index (χ3n) is 16.8. The normalized spacial score (nSPS) is 14.1. The van der Waals surface area contributed by atoms with E-state index in [2.05, 4.69) is 92.1 Å². The van der Waals surface area contributed by atoms with Crippen LogP contribution >= 0.6 is 7.82 Å². The monoisotopic (exact) mass is 1240 g/mol. The van der Waals surface area contributed by atoms with Crippen LogP contribution in [0.25, 0.3) is 0 Å². The summed E-state index contributed by atoms with van der Waals surface area (Å²) in [5.41, 5.74) is 0. The Morgan fingerprint density at radius 2 is 0.713 bits per heavy atom. The second kappa shape index (κ2) is 68.1. The van der Waals surface area contributed by atoms with Crippen LogP contribution < -0.4 is 10.2 Å². The van der Waals surface area contributed by atoms with Gasteiger partial charge in [0.05, 0.1) is 39.9 Å². The molecule has 1 amide bonds. The number of amides is 1. The fourth-order valence-corrected chi connectivity index (χ4v) is 11.8. The molecule has 8 nitrogen and oxygen atoms in total. The van der Waals surface area contributed by atoms with E-state index in [1.807, 2.05) is 27.2 Å². The summed E-state index contributed by atoms with van der Waals surface area (Å²) in [5, 5.41) is 14.0. The molecule has 2 N–H and O–H groups in total. The highest BCUT2D eigenvalue weighted by Crippen LogP contribution is 2.38. The third kappa shape index (κ3) is 71.0. The van der Waals surface area contributed by atoms with Gasteiger partial charge in [-0.1, -0.05) is 356 Å². The quantitative estimate of drug-likeness (QED) is 0.0272. The molecular formula is C78H145N2O6P. The highest BCUT2D eigenvalue weighted by atomic mass is 31.2. The molecule has 0 aliphatic heterocycles. The molecule has 0 spiro atoms. The van der Waals surface area contributed by atoms with Gasteiger partial charge in [0.2, 0.25) is 5.91 Å². The lowest BCUT2D eigenvalue weighted by molar-refractivity contribution is -0.870. The van der Waals surface area contributed by atoms with Crippen LogP contribution in [-0.2, 0) is 18.4 Å². The molecule has 0 aromatic carbocycles. The topological polar surface area (TPSA) is 108 Å². The molecule has 0 aliphatic carbocycles. The van der Waals surface area contributed by atoms with Crippen molar-refractivity contribution < 1.29 is 32.9 Å².